The number of aromatic nitrogens is 4. The maximum Gasteiger partial charge on any atom is 0.145 e. The van der Waals surface area contributed by atoms with Crippen LogP contribution in [0.2, 0.25) is 0 Å². The summed E-state index contributed by atoms with van der Waals surface area (Å²) < 4.78 is 28.1. The molecule has 3 aromatic rings. The number of thiazole rings is 1. The molecule has 31 heavy (non-hydrogen) atoms. The molecule has 12 heteroatoms. The molecule has 0 spiro atoms. The van der Waals surface area contributed by atoms with Crippen molar-refractivity contribution in [3.05, 3.63) is 45.8 Å². The van der Waals surface area contributed by atoms with Crippen molar-refractivity contribution in [2.24, 2.45) is 0 Å². The average Bonchev–Trinajstić information content (AvgIpc) is 3.40. The van der Waals surface area contributed by atoms with Gasteiger partial charge in [-0.1, -0.05) is 32.9 Å². The van der Waals surface area contributed by atoms with Gasteiger partial charge in [0.2, 0.25) is 0 Å². The van der Waals surface area contributed by atoms with E-state index >= 15 is 0 Å². The first kappa shape index (κ1) is 22.8. The van der Waals surface area contributed by atoms with Crippen molar-refractivity contribution < 1.29 is 24.1 Å². The van der Waals surface area contributed by atoms with Crippen LogP contribution in [0.5, 0.6) is 0 Å². The molecular weight excluding hydrogens is 511 g/mol. The number of aliphatic hydroxyl groups is 2. The summed E-state index contributed by atoms with van der Waals surface area (Å²) in [6, 6.07) is 3.88. The lowest BCUT2D eigenvalue weighted by molar-refractivity contribution is -0.186. The van der Waals surface area contributed by atoms with E-state index in [1.54, 1.807) is 18.3 Å². The van der Waals surface area contributed by atoms with Gasteiger partial charge < -0.3 is 19.7 Å². The van der Waals surface area contributed by atoms with Crippen LogP contribution in [0, 0.1) is 12.7 Å². The summed E-state index contributed by atoms with van der Waals surface area (Å²) in [5.41, 5.74) is 0.729. The Kier molecular flexibility index (Phi) is 7.06. The van der Waals surface area contributed by atoms with Crippen LogP contribution in [0.3, 0.4) is 0 Å². The molecule has 5 atom stereocenters. The summed E-state index contributed by atoms with van der Waals surface area (Å²) in [5, 5.41) is 31.7. The molecule has 1 aliphatic heterocycles. The van der Waals surface area contributed by atoms with Crippen molar-refractivity contribution in [1.82, 2.24) is 20.0 Å². The van der Waals surface area contributed by atoms with Gasteiger partial charge in [-0.05, 0) is 25.1 Å². The summed E-state index contributed by atoms with van der Waals surface area (Å²) in [7, 11) is 1.49. The number of halogens is 2. The zero-order valence-electron chi connectivity index (χ0n) is 16.6. The molecule has 2 N–H and O–H groups in total. The Labute approximate surface area is 194 Å². The van der Waals surface area contributed by atoms with Crippen molar-refractivity contribution >= 4 is 39.0 Å². The fraction of sp³-hybridized carbons (Fsp3) is 0.421. The molecule has 2 aromatic heterocycles. The number of rotatable bonds is 6. The van der Waals surface area contributed by atoms with Crippen LogP contribution in [0.1, 0.15) is 11.7 Å². The third kappa shape index (κ3) is 4.70. The highest BCUT2D eigenvalue weighted by molar-refractivity contribution is 9.10. The highest BCUT2D eigenvalue weighted by Gasteiger charge is 2.47. The number of aryl methyl sites for hydroxylation is 1. The van der Waals surface area contributed by atoms with E-state index in [0.29, 0.717) is 15.6 Å². The van der Waals surface area contributed by atoms with Gasteiger partial charge in [-0.3, -0.25) is 0 Å². The van der Waals surface area contributed by atoms with Crippen LogP contribution < -0.4 is 0 Å². The van der Waals surface area contributed by atoms with Gasteiger partial charge in [0, 0.05) is 27.6 Å². The van der Waals surface area contributed by atoms with Crippen molar-refractivity contribution in [1.29, 1.82) is 0 Å². The second-order valence-electron chi connectivity index (χ2n) is 6.98. The van der Waals surface area contributed by atoms with Gasteiger partial charge in [-0.2, -0.15) is 0 Å². The maximum absolute atomic E-state index is 14.4. The minimum absolute atomic E-state index is 0.353. The van der Waals surface area contributed by atoms with E-state index in [-0.39, 0.29) is 0 Å². The Morgan fingerprint density at radius 3 is 2.90 bits per heavy atom. The largest absolute Gasteiger partial charge is 0.394 e. The Bertz CT molecular complexity index is 1050. The number of thioether (sulfide) groups is 1. The normalized spacial score (nSPS) is 26.3. The molecule has 0 amide bonds. The number of methoxy groups -OCH3 is 1. The molecular formula is C19H20BrFN4O4S2. The summed E-state index contributed by atoms with van der Waals surface area (Å²) in [5.74, 6) is -0.406. The molecule has 0 unspecified atom stereocenters. The quantitative estimate of drug-likeness (QED) is 0.501. The Hall–Kier alpha value is -1.41. The van der Waals surface area contributed by atoms with Crippen LogP contribution >= 0.6 is 39.0 Å². The molecule has 0 aliphatic carbocycles. The predicted octanol–water partition coefficient (Wildman–Crippen LogP) is 3.04. The van der Waals surface area contributed by atoms with Gasteiger partial charge >= 0.3 is 0 Å². The van der Waals surface area contributed by atoms with Crippen molar-refractivity contribution in [3.8, 4) is 10.7 Å². The lowest BCUT2D eigenvalue weighted by Crippen LogP contribution is -2.55. The van der Waals surface area contributed by atoms with E-state index in [1.165, 1.54) is 29.2 Å². The summed E-state index contributed by atoms with van der Waals surface area (Å²) in [6.45, 7) is 1.47. The van der Waals surface area contributed by atoms with Gasteiger partial charge in [-0.25, -0.2) is 14.1 Å². The lowest BCUT2D eigenvalue weighted by Gasteiger charge is -2.43. The molecule has 0 radical (unpaired) electrons. The number of benzene rings is 1. The standard InChI is InChI=1S/C19H20BrFN4O4S2/c1-9-8-30-18(22-9)12-6-25(24-23-12)15-16(27)13(7-26)29-19(17(15)28-2)31-14-5-10(20)3-4-11(14)21/h3-6,8,13,15-17,19,26-27H,7H2,1-2H3/t13-,15+,16+,17-,19-/m1/s1. The second kappa shape index (κ2) is 9.61. The van der Waals surface area contributed by atoms with Crippen LogP contribution in [-0.2, 0) is 9.47 Å². The molecule has 1 saturated heterocycles. The molecule has 8 nitrogen and oxygen atoms in total. The SMILES string of the molecule is CO[C@@H]1[C@@H](n2cc(-c3nc(C)cs3)nn2)[C@@H](O)[C@@H](CO)O[C@@H]1Sc1cc(Br)ccc1F. The highest BCUT2D eigenvalue weighted by Crippen LogP contribution is 2.40. The van der Waals surface area contributed by atoms with Crippen molar-refractivity contribution in [3.63, 3.8) is 0 Å². The van der Waals surface area contributed by atoms with Crippen molar-refractivity contribution in [2.45, 2.75) is 41.6 Å². The first-order valence-electron chi connectivity index (χ1n) is 9.34. The third-order valence-electron chi connectivity index (χ3n) is 4.89. The van der Waals surface area contributed by atoms with E-state index in [9.17, 15) is 14.6 Å². The maximum atomic E-state index is 14.4. The minimum atomic E-state index is -1.12. The van der Waals surface area contributed by atoms with E-state index < -0.39 is 42.2 Å². The van der Waals surface area contributed by atoms with Crippen LogP contribution in [0.15, 0.2) is 39.1 Å². The molecule has 3 heterocycles. The lowest BCUT2D eigenvalue weighted by atomic mass is 9.97. The number of nitrogens with zero attached hydrogens (tertiary/aromatic N) is 4. The zero-order valence-corrected chi connectivity index (χ0v) is 19.8. The molecule has 4 rings (SSSR count). The van der Waals surface area contributed by atoms with Crippen LogP contribution in [-0.4, -0.2) is 67.7 Å². The summed E-state index contributed by atoms with van der Waals surface area (Å²) >= 11 is 5.91. The fourth-order valence-corrected chi connectivity index (χ4v) is 5.88. The monoisotopic (exact) mass is 530 g/mol. The predicted molar refractivity (Wildman–Crippen MR) is 117 cm³/mol. The zero-order chi connectivity index (χ0) is 22.1. The molecule has 1 aromatic carbocycles. The van der Waals surface area contributed by atoms with Gasteiger partial charge in [0.25, 0.3) is 0 Å². The van der Waals surface area contributed by atoms with Crippen LogP contribution in [0.25, 0.3) is 10.7 Å². The fourth-order valence-electron chi connectivity index (χ4n) is 3.39. The van der Waals surface area contributed by atoms with Gasteiger partial charge in [0.05, 0.1) is 12.8 Å². The van der Waals surface area contributed by atoms with E-state index in [4.69, 9.17) is 9.47 Å². The first-order chi connectivity index (χ1) is 14.9. The third-order valence-corrected chi connectivity index (χ3v) is 7.54. The number of aliphatic hydroxyl groups excluding tert-OH is 2. The smallest absolute Gasteiger partial charge is 0.145 e. The molecule has 0 bridgehead atoms. The Morgan fingerprint density at radius 1 is 1.42 bits per heavy atom. The Balaban J connectivity index is 1.66. The molecule has 166 valence electrons. The first-order valence-corrected chi connectivity index (χ1v) is 11.9. The van der Waals surface area contributed by atoms with Gasteiger partial charge in [0.1, 0.15) is 46.3 Å². The highest BCUT2D eigenvalue weighted by atomic mass is 79.9. The van der Waals surface area contributed by atoms with Gasteiger partial charge in [0.15, 0.2) is 0 Å². The molecule has 1 fully saturated rings. The number of hydrogen-bond donors (Lipinski definition) is 2. The van der Waals surface area contributed by atoms with Gasteiger partial charge in [-0.15, -0.1) is 16.4 Å². The van der Waals surface area contributed by atoms with Crippen molar-refractivity contribution in [2.75, 3.05) is 13.7 Å². The van der Waals surface area contributed by atoms with E-state index in [0.717, 1.165) is 21.9 Å². The Morgan fingerprint density at radius 2 is 2.23 bits per heavy atom. The number of hydrogen-bond acceptors (Lipinski definition) is 9. The molecule has 1 aliphatic rings. The topological polar surface area (TPSA) is 103 Å². The van der Waals surface area contributed by atoms with Crippen LogP contribution in [0.4, 0.5) is 4.39 Å². The number of ether oxygens (including phenoxy) is 2. The minimum Gasteiger partial charge on any atom is -0.394 e. The van der Waals surface area contributed by atoms with E-state index in [1.807, 2.05) is 12.3 Å². The average molecular weight is 531 g/mol. The summed E-state index contributed by atoms with van der Waals surface area (Å²) in [4.78, 5) is 4.76. The molecule has 0 saturated carbocycles. The summed E-state index contributed by atoms with van der Waals surface area (Å²) in [6.07, 6.45) is -1.04. The second-order valence-corrected chi connectivity index (χ2v) is 9.89. The van der Waals surface area contributed by atoms with E-state index in [2.05, 4.69) is 31.2 Å².